The van der Waals surface area contributed by atoms with Crippen molar-refractivity contribution in [1.82, 2.24) is 0 Å². The van der Waals surface area contributed by atoms with Gasteiger partial charge in [-0.2, -0.15) is 0 Å². The lowest BCUT2D eigenvalue weighted by atomic mass is 10.0. The molecular weight excluding hydrogens is 340 g/mol. The largest absolute Gasteiger partial charge is 0.493 e. The Labute approximate surface area is 150 Å². The van der Waals surface area contributed by atoms with Crippen molar-refractivity contribution in [1.29, 1.82) is 0 Å². The Hall–Kier alpha value is -3.42. The number of hydrogen-bond donors (Lipinski definition) is 0. The fraction of sp³-hybridized carbons (Fsp3) is 0.222. The molecule has 0 aliphatic carbocycles. The van der Waals surface area contributed by atoms with Gasteiger partial charge in [-0.3, -0.25) is 20.2 Å². The van der Waals surface area contributed by atoms with Crippen LogP contribution in [0.25, 0.3) is 6.08 Å². The van der Waals surface area contributed by atoms with E-state index in [1.807, 2.05) is 30.3 Å². The third kappa shape index (κ3) is 5.30. The second-order valence-corrected chi connectivity index (χ2v) is 5.35. The van der Waals surface area contributed by atoms with Crippen LogP contribution in [0.1, 0.15) is 16.7 Å². The first kappa shape index (κ1) is 18.9. The molecule has 0 spiro atoms. The van der Waals surface area contributed by atoms with Gasteiger partial charge in [0.25, 0.3) is 0 Å². The van der Waals surface area contributed by atoms with Crippen LogP contribution in [-0.4, -0.2) is 23.5 Å². The minimum Gasteiger partial charge on any atom is -0.493 e. The van der Waals surface area contributed by atoms with Gasteiger partial charge in [-0.25, -0.2) is 0 Å². The van der Waals surface area contributed by atoms with Crippen LogP contribution in [0.5, 0.6) is 11.5 Å². The Morgan fingerprint density at radius 1 is 1.04 bits per heavy atom. The van der Waals surface area contributed by atoms with Crippen molar-refractivity contribution >= 4 is 6.08 Å². The van der Waals surface area contributed by atoms with E-state index in [4.69, 9.17) is 9.47 Å². The minimum absolute atomic E-state index is 0.231. The first-order valence-corrected chi connectivity index (χ1v) is 7.78. The summed E-state index contributed by atoms with van der Waals surface area (Å²) in [5, 5.41) is 21.5. The number of nitro groups is 2. The summed E-state index contributed by atoms with van der Waals surface area (Å²) < 4.78 is 11.2. The van der Waals surface area contributed by atoms with Crippen LogP contribution in [0.2, 0.25) is 0 Å². The quantitative estimate of drug-likeness (QED) is 0.503. The summed E-state index contributed by atoms with van der Waals surface area (Å²) in [6, 6.07) is 12.5. The number of hydrogen-bond acceptors (Lipinski definition) is 6. The van der Waals surface area contributed by atoms with Gasteiger partial charge in [-0.1, -0.05) is 30.3 Å². The van der Waals surface area contributed by atoms with Crippen molar-refractivity contribution in [3.05, 3.63) is 85.5 Å². The molecule has 0 aliphatic rings. The molecule has 8 heteroatoms. The van der Waals surface area contributed by atoms with E-state index in [-0.39, 0.29) is 6.61 Å². The lowest BCUT2D eigenvalue weighted by Crippen LogP contribution is -2.05. The van der Waals surface area contributed by atoms with Gasteiger partial charge in [0.05, 0.1) is 7.11 Å². The fourth-order valence-electron chi connectivity index (χ4n) is 2.38. The molecular formula is C18H18N2O6. The summed E-state index contributed by atoms with van der Waals surface area (Å²) in [6.45, 7) is -0.591. The van der Waals surface area contributed by atoms with Crippen LogP contribution in [0.4, 0.5) is 0 Å². The number of nitrogens with zero attached hydrogens (tertiary/aromatic N) is 2. The van der Waals surface area contributed by atoms with Gasteiger partial charge in [-0.05, 0) is 29.8 Å². The van der Waals surface area contributed by atoms with Gasteiger partial charge in [0.1, 0.15) is 6.61 Å². The molecule has 0 saturated heterocycles. The predicted octanol–water partition coefficient (Wildman–Crippen LogP) is 3.34. The van der Waals surface area contributed by atoms with E-state index in [2.05, 4.69) is 0 Å². The van der Waals surface area contributed by atoms with Gasteiger partial charge in [0, 0.05) is 21.0 Å². The lowest BCUT2D eigenvalue weighted by Gasteiger charge is -2.15. The molecule has 136 valence electrons. The van der Waals surface area contributed by atoms with Crippen LogP contribution in [0.15, 0.2) is 48.5 Å². The van der Waals surface area contributed by atoms with Crippen molar-refractivity contribution in [2.45, 2.75) is 13.2 Å². The average molecular weight is 358 g/mol. The van der Waals surface area contributed by atoms with Gasteiger partial charge < -0.3 is 9.47 Å². The number of benzene rings is 2. The molecule has 0 amide bonds. The van der Waals surface area contributed by atoms with Gasteiger partial charge >= 0.3 is 0 Å². The van der Waals surface area contributed by atoms with E-state index >= 15 is 0 Å². The first-order chi connectivity index (χ1) is 12.5. The monoisotopic (exact) mass is 358 g/mol. The standard InChI is InChI=1S/C18H18N2O6/c1-25-17-10-9-15(12-20(23)24)16(8-5-11-19(21)22)18(17)26-13-14-6-3-2-4-7-14/h2-10H,11-13H2,1H3/b8-5+. The third-order valence-corrected chi connectivity index (χ3v) is 3.53. The molecule has 0 N–H and O–H groups in total. The highest BCUT2D eigenvalue weighted by Gasteiger charge is 2.17. The molecule has 0 heterocycles. The summed E-state index contributed by atoms with van der Waals surface area (Å²) >= 11 is 0. The second kappa shape index (κ2) is 9.16. The smallest absolute Gasteiger partial charge is 0.229 e. The zero-order chi connectivity index (χ0) is 18.9. The number of ether oxygens (including phenoxy) is 2. The van der Waals surface area contributed by atoms with E-state index in [0.29, 0.717) is 22.6 Å². The zero-order valence-corrected chi connectivity index (χ0v) is 14.2. The molecule has 2 aromatic rings. The molecule has 2 rings (SSSR count). The Kier molecular flexibility index (Phi) is 6.67. The van der Waals surface area contributed by atoms with Crippen molar-refractivity contribution < 1.29 is 19.3 Å². The van der Waals surface area contributed by atoms with E-state index < -0.39 is 22.9 Å². The van der Waals surface area contributed by atoms with Crippen molar-refractivity contribution in [3.63, 3.8) is 0 Å². The first-order valence-electron chi connectivity index (χ1n) is 7.78. The Bertz CT molecular complexity index is 805. The van der Waals surface area contributed by atoms with Gasteiger partial charge in [0.15, 0.2) is 11.5 Å². The van der Waals surface area contributed by atoms with Crippen molar-refractivity contribution in [2.75, 3.05) is 13.7 Å². The van der Waals surface area contributed by atoms with E-state index in [1.165, 1.54) is 19.3 Å². The van der Waals surface area contributed by atoms with Crippen LogP contribution >= 0.6 is 0 Å². The molecule has 0 unspecified atom stereocenters. The normalized spacial score (nSPS) is 10.7. The minimum atomic E-state index is -0.492. The maximum Gasteiger partial charge on any atom is 0.229 e. The van der Waals surface area contributed by atoms with E-state index in [9.17, 15) is 20.2 Å². The van der Waals surface area contributed by atoms with Gasteiger partial charge in [0.2, 0.25) is 13.1 Å². The summed E-state index contributed by atoms with van der Waals surface area (Å²) in [5.41, 5.74) is 1.70. The SMILES string of the molecule is COc1ccc(C[N+](=O)[O-])c(/C=C/C[N+](=O)[O-])c1OCc1ccccc1. The Morgan fingerprint density at radius 3 is 2.38 bits per heavy atom. The molecule has 0 radical (unpaired) electrons. The topological polar surface area (TPSA) is 105 Å². The third-order valence-electron chi connectivity index (χ3n) is 3.53. The molecule has 0 aliphatic heterocycles. The zero-order valence-electron chi connectivity index (χ0n) is 14.2. The molecule has 2 aromatic carbocycles. The van der Waals surface area contributed by atoms with E-state index in [0.717, 1.165) is 5.56 Å². The van der Waals surface area contributed by atoms with Crippen LogP contribution < -0.4 is 9.47 Å². The second-order valence-electron chi connectivity index (χ2n) is 5.35. The highest BCUT2D eigenvalue weighted by Crippen LogP contribution is 2.35. The van der Waals surface area contributed by atoms with Crippen LogP contribution in [-0.2, 0) is 13.2 Å². The van der Waals surface area contributed by atoms with Crippen LogP contribution in [0, 0.1) is 20.2 Å². The lowest BCUT2D eigenvalue weighted by molar-refractivity contribution is -0.496. The summed E-state index contributed by atoms with van der Waals surface area (Å²) in [7, 11) is 1.46. The molecule has 26 heavy (non-hydrogen) atoms. The summed E-state index contributed by atoms with van der Waals surface area (Å²) in [4.78, 5) is 20.6. The van der Waals surface area contributed by atoms with Crippen LogP contribution in [0.3, 0.4) is 0 Å². The highest BCUT2D eigenvalue weighted by molar-refractivity contribution is 5.66. The average Bonchev–Trinajstić information content (AvgIpc) is 2.61. The van der Waals surface area contributed by atoms with Crippen molar-refractivity contribution in [3.8, 4) is 11.5 Å². The summed E-state index contributed by atoms with van der Waals surface area (Å²) in [6.07, 6.45) is 2.79. The Balaban J connectivity index is 2.41. The highest BCUT2D eigenvalue weighted by atomic mass is 16.6. The van der Waals surface area contributed by atoms with Gasteiger partial charge in [-0.15, -0.1) is 0 Å². The molecule has 0 aromatic heterocycles. The molecule has 0 saturated carbocycles. The molecule has 0 fully saturated rings. The Morgan fingerprint density at radius 2 is 1.77 bits per heavy atom. The van der Waals surface area contributed by atoms with Crippen molar-refractivity contribution in [2.24, 2.45) is 0 Å². The molecule has 0 bridgehead atoms. The van der Waals surface area contributed by atoms with E-state index in [1.54, 1.807) is 12.1 Å². The fourth-order valence-corrected chi connectivity index (χ4v) is 2.38. The molecule has 8 nitrogen and oxygen atoms in total. The summed E-state index contributed by atoms with van der Waals surface area (Å²) in [5.74, 6) is 0.712. The number of methoxy groups -OCH3 is 1. The predicted molar refractivity (Wildman–Crippen MR) is 95.4 cm³/mol. The molecule has 0 atom stereocenters. The maximum atomic E-state index is 10.9. The number of rotatable bonds is 9. The maximum absolute atomic E-state index is 10.9.